The molecule has 1 atom stereocenters. The van der Waals surface area contributed by atoms with E-state index in [1.807, 2.05) is 18.4 Å². The third-order valence-electron chi connectivity index (χ3n) is 1.85. The van der Waals surface area contributed by atoms with E-state index in [4.69, 9.17) is 5.84 Å². The molecule has 0 amide bonds. The minimum atomic E-state index is 0.156. The van der Waals surface area contributed by atoms with Crippen LogP contribution in [0.15, 0.2) is 18.0 Å². The van der Waals surface area contributed by atoms with Crippen LogP contribution >= 0.6 is 11.3 Å². The molecule has 3 nitrogen and oxygen atoms in total. The van der Waals surface area contributed by atoms with Gasteiger partial charge in [-0.2, -0.15) is 0 Å². The normalized spacial score (nSPS) is 12.8. The number of nitrogens with zero attached hydrogens (tertiary/aromatic N) is 1. The maximum absolute atomic E-state index is 5.44. The maximum Gasteiger partial charge on any atom is 0.0898 e. The molecule has 3 N–H and O–H groups in total. The van der Waals surface area contributed by atoms with Crippen LogP contribution in [-0.2, 0) is 0 Å². The van der Waals surface area contributed by atoms with E-state index in [2.05, 4.69) is 17.0 Å². The zero-order chi connectivity index (χ0) is 9.68. The number of allylic oxidation sites excluding steroid dienone is 1. The van der Waals surface area contributed by atoms with Gasteiger partial charge in [0, 0.05) is 5.38 Å². The molecule has 72 valence electrons. The van der Waals surface area contributed by atoms with Gasteiger partial charge in [-0.15, -0.1) is 17.9 Å². The first-order valence-corrected chi connectivity index (χ1v) is 5.15. The van der Waals surface area contributed by atoms with Crippen LogP contribution in [0.5, 0.6) is 0 Å². The lowest BCUT2D eigenvalue weighted by molar-refractivity contribution is 0.510. The van der Waals surface area contributed by atoms with Crippen molar-refractivity contribution in [2.45, 2.75) is 25.8 Å². The second-order valence-corrected chi connectivity index (χ2v) is 3.94. The Balaban J connectivity index is 2.60. The number of aromatic nitrogens is 1. The van der Waals surface area contributed by atoms with Crippen molar-refractivity contribution in [1.29, 1.82) is 0 Å². The fraction of sp³-hybridized carbons (Fsp3) is 0.444. The zero-order valence-electron chi connectivity index (χ0n) is 7.79. The molecular weight excluding hydrogens is 182 g/mol. The molecule has 13 heavy (non-hydrogen) atoms. The van der Waals surface area contributed by atoms with Crippen molar-refractivity contribution in [2.75, 3.05) is 0 Å². The van der Waals surface area contributed by atoms with Crippen LogP contribution in [0.2, 0.25) is 0 Å². The summed E-state index contributed by atoms with van der Waals surface area (Å²) < 4.78 is 0. The maximum atomic E-state index is 5.44. The summed E-state index contributed by atoms with van der Waals surface area (Å²) in [6.07, 6.45) is 3.79. The lowest BCUT2D eigenvalue weighted by atomic mass is 10.1. The molecule has 1 unspecified atom stereocenters. The summed E-state index contributed by atoms with van der Waals surface area (Å²) in [5.74, 6) is 5.44. The van der Waals surface area contributed by atoms with E-state index in [0.717, 1.165) is 23.5 Å². The van der Waals surface area contributed by atoms with Gasteiger partial charge < -0.3 is 0 Å². The number of hydrogen-bond acceptors (Lipinski definition) is 4. The highest BCUT2D eigenvalue weighted by molar-refractivity contribution is 7.09. The minimum Gasteiger partial charge on any atom is -0.271 e. The fourth-order valence-corrected chi connectivity index (χ4v) is 1.81. The highest BCUT2D eigenvalue weighted by Crippen LogP contribution is 2.19. The fourth-order valence-electron chi connectivity index (χ4n) is 1.14. The number of aryl methyl sites for hydroxylation is 1. The van der Waals surface area contributed by atoms with E-state index in [1.165, 1.54) is 0 Å². The molecule has 0 fully saturated rings. The van der Waals surface area contributed by atoms with Crippen molar-refractivity contribution in [3.05, 3.63) is 28.7 Å². The molecule has 0 bridgehead atoms. The van der Waals surface area contributed by atoms with E-state index in [-0.39, 0.29) is 6.04 Å². The number of hydrogen-bond donors (Lipinski definition) is 2. The van der Waals surface area contributed by atoms with Crippen molar-refractivity contribution in [3.8, 4) is 0 Å². The van der Waals surface area contributed by atoms with E-state index >= 15 is 0 Å². The topological polar surface area (TPSA) is 50.9 Å². The highest BCUT2D eigenvalue weighted by atomic mass is 32.1. The summed E-state index contributed by atoms with van der Waals surface area (Å²) in [6, 6.07) is 0.156. The minimum absolute atomic E-state index is 0.156. The first-order valence-electron chi connectivity index (χ1n) is 4.27. The Kier molecular flexibility index (Phi) is 4.08. The molecule has 0 aromatic carbocycles. The first kappa shape index (κ1) is 10.4. The van der Waals surface area contributed by atoms with Crippen LogP contribution in [0.3, 0.4) is 0 Å². The summed E-state index contributed by atoms with van der Waals surface area (Å²) in [4.78, 5) is 4.38. The molecule has 0 aliphatic carbocycles. The predicted molar refractivity (Wildman–Crippen MR) is 56.3 cm³/mol. The Hall–Kier alpha value is -0.710. The lowest BCUT2D eigenvalue weighted by Crippen LogP contribution is -2.28. The van der Waals surface area contributed by atoms with E-state index in [1.54, 1.807) is 11.3 Å². The summed E-state index contributed by atoms with van der Waals surface area (Å²) in [7, 11) is 0. The number of thiazole rings is 1. The summed E-state index contributed by atoms with van der Waals surface area (Å²) in [5, 5.41) is 3.12. The van der Waals surface area contributed by atoms with Gasteiger partial charge in [0.15, 0.2) is 0 Å². The molecule has 0 aliphatic rings. The van der Waals surface area contributed by atoms with E-state index in [0.29, 0.717) is 0 Å². The number of rotatable bonds is 5. The van der Waals surface area contributed by atoms with Gasteiger partial charge in [0.1, 0.15) is 0 Å². The quantitative estimate of drug-likeness (QED) is 0.431. The Labute approximate surface area is 82.7 Å². The van der Waals surface area contributed by atoms with E-state index in [9.17, 15) is 0 Å². The molecule has 0 aliphatic heterocycles. The Bertz CT molecular complexity index is 270. The second kappa shape index (κ2) is 5.11. The molecule has 1 aromatic heterocycles. The Morgan fingerprint density at radius 1 is 1.85 bits per heavy atom. The SMILES string of the molecule is C=CCCC(NN)c1csc(C)n1. The Morgan fingerprint density at radius 3 is 3.08 bits per heavy atom. The zero-order valence-corrected chi connectivity index (χ0v) is 8.60. The van der Waals surface area contributed by atoms with Crippen LogP contribution in [0.4, 0.5) is 0 Å². The van der Waals surface area contributed by atoms with Gasteiger partial charge >= 0.3 is 0 Å². The lowest BCUT2D eigenvalue weighted by Gasteiger charge is -2.11. The largest absolute Gasteiger partial charge is 0.271 e. The summed E-state index contributed by atoms with van der Waals surface area (Å²) >= 11 is 1.65. The molecule has 4 heteroatoms. The van der Waals surface area contributed by atoms with Crippen LogP contribution in [-0.4, -0.2) is 4.98 Å². The van der Waals surface area contributed by atoms with Gasteiger partial charge in [-0.25, -0.2) is 4.98 Å². The third kappa shape index (κ3) is 2.91. The molecule has 0 saturated heterocycles. The number of hydrazine groups is 1. The van der Waals surface area contributed by atoms with Crippen LogP contribution in [0.25, 0.3) is 0 Å². The van der Waals surface area contributed by atoms with Gasteiger partial charge in [-0.05, 0) is 19.8 Å². The monoisotopic (exact) mass is 197 g/mol. The van der Waals surface area contributed by atoms with Crippen LogP contribution < -0.4 is 11.3 Å². The summed E-state index contributed by atoms with van der Waals surface area (Å²) in [6.45, 7) is 5.67. The van der Waals surface area contributed by atoms with Crippen molar-refractivity contribution in [1.82, 2.24) is 10.4 Å². The molecule has 0 spiro atoms. The van der Waals surface area contributed by atoms with Gasteiger partial charge in [-0.3, -0.25) is 11.3 Å². The highest BCUT2D eigenvalue weighted by Gasteiger charge is 2.10. The van der Waals surface area contributed by atoms with E-state index < -0.39 is 0 Å². The summed E-state index contributed by atoms with van der Waals surface area (Å²) in [5.41, 5.74) is 3.80. The molecular formula is C9H15N3S. The molecule has 0 saturated carbocycles. The average molecular weight is 197 g/mol. The van der Waals surface area contributed by atoms with Gasteiger partial charge in [0.25, 0.3) is 0 Å². The number of nitrogens with one attached hydrogen (secondary N) is 1. The smallest absolute Gasteiger partial charge is 0.0898 e. The van der Waals surface area contributed by atoms with Crippen molar-refractivity contribution >= 4 is 11.3 Å². The van der Waals surface area contributed by atoms with Gasteiger partial charge in [0.05, 0.1) is 16.7 Å². The van der Waals surface area contributed by atoms with Crippen LogP contribution in [0, 0.1) is 6.92 Å². The van der Waals surface area contributed by atoms with Crippen molar-refractivity contribution in [2.24, 2.45) is 5.84 Å². The molecule has 1 aromatic rings. The predicted octanol–water partition coefficient (Wildman–Crippen LogP) is 1.92. The molecule has 1 heterocycles. The number of nitrogens with two attached hydrogens (primary N) is 1. The first-order chi connectivity index (χ1) is 6.27. The second-order valence-electron chi connectivity index (χ2n) is 2.88. The van der Waals surface area contributed by atoms with Gasteiger partial charge in [-0.1, -0.05) is 6.08 Å². The van der Waals surface area contributed by atoms with Gasteiger partial charge in [0.2, 0.25) is 0 Å². The van der Waals surface area contributed by atoms with Crippen molar-refractivity contribution in [3.63, 3.8) is 0 Å². The molecule has 0 radical (unpaired) electrons. The Morgan fingerprint density at radius 2 is 2.62 bits per heavy atom. The van der Waals surface area contributed by atoms with Crippen molar-refractivity contribution < 1.29 is 0 Å². The average Bonchev–Trinajstić information content (AvgIpc) is 2.54. The molecule has 1 rings (SSSR count). The standard InChI is InChI=1S/C9H15N3S/c1-3-4-5-8(12-10)9-6-13-7(2)11-9/h3,6,8,12H,1,4-5,10H2,2H3. The third-order valence-corrected chi connectivity index (χ3v) is 2.65. The van der Waals surface area contributed by atoms with Crippen LogP contribution in [0.1, 0.15) is 29.6 Å².